The monoisotopic (exact) mass is 708 g/mol. The zero-order chi connectivity index (χ0) is 33.6. The van der Waals surface area contributed by atoms with Gasteiger partial charge in [-0.3, -0.25) is 19.2 Å². The summed E-state index contributed by atoms with van der Waals surface area (Å²) in [5.74, 6) is 1.71. The number of aromatic nitrogens is 1. The minimum atomic E-state index is -0.858. The molecule has 4 amide bonds. The van der Waals surface area contributed by atoms with Crippen molar-refractivity contribution in [1.29, 1.82) is 0 Å². The van der Waals surface area contributed by atoms with Crippen LogP contribution in [0.3, 0.4) is 0 Å². The molecule has 12 heteroatoms. The number of hydrogen-bond donors (Lipinski definition) is 6. The Labute approximate surface area is 298 Å². The molecule has 264 valence electrons. The number of thioether (sulfide) groups is 1. The maximum absolute atomic E-state index is 13.7. The number of rotatable bonds is 15. The molecular weight excluding hydrogens is 660 g/mol. The van der Waals surface area contributed by atoms with E-state index in [0.717, 1.165) is 33.9 Å². The summed E-state index contributed by atoms with van der Waals surface area (Å²) >= 11 is 1.56. The topological polar surface area (TPSA) is 158 Å². The lowest BCUT2D eigenvalue weighted by atomic mass is 9.54. The number of H-pyrrole nitrogens is 1. The van der Waals surface area contributed by atoms with Crippen molar-refractivity contribution in [3.05, 3.63) is 71.9 Å². The van der Waals surface area contributed by atoms with Crippen molar-refractivity contribution in [3.8, 4) is 0 Å². The average Bonchev–Trinajstić information content (AvgIpc) is 3.49. The summed E-state index contributed by atoms with van der Waals surface area (Å²) < 4.78 is 0. The molecule has 0 spiro atoms. The van der Waals surface area contributed by atoms with Crippen LogP contribution in [0.2, 0.25) is 0 Å². The van der Waals surface area contributed by atoms with E-state index in [2.05, 4.69) is 26.3 Å². The lowest BCUT2D eigenvalue weighted by molar-refractivity contribution is -0.132. The Balaban J connectivity index is 0.00000468. The van der Waals surface area contributed by atoms with Gasteiger partial charge in [-0.05, 0) is 97.8 Å². The van der Waals surface area contributed by atoms with Gasteiger partial charge in [0.1, 0.15) is 12.1 Å². The van der Waals surface area contributed by atoms with Gasteiger partial charge in [-0.25, -0.2) is 0 Å². The Morgan fingerprint density at radius 3 is 2.20 bits per heavy atom. The van der Waals surface area contributed by atoms with E-state index in [1.54, 1.807) is 11.8 Å². The number of carbonyl (C=O) groups is 4. The summed E-state index contributed by atoms with van der Waals surface area (Å²) in [4.78, 5) is 56.5. The Morgan fingerprint density at radius 2 is 1.51 bits per heavy atom. The molecule has 10 nitrogen and oxygen atoms in total. The standard InChI is InChI=1S/C37H48N6O4S.ClH/c1-48-12-11-31(42-35(45)29(38)19-27-20-39-30-10-6-5-9-28(27)30)36(46)40-21-33(44)41-32(18-22-7-3-2-4-8-22)37(47)43-34-25-14-23-13-24(16-25)17-26(34)15-23;/h2-10,20,23-26,29,31-32,34,39H,11-19,21,38H2,1H3,(H,40,46)(H,41,44)(H,42,45)(H,43,47);1H/t23?,24?,25?,26?,29-,31+,32-,34?;/m0./s1. The van der Waals surface area contributed by atoms with Gasteiger partial charge in [-0.15, -0.1) is 12.4 Å². The van der Waals surface area contributed by atoms with Crippen LogP contribution in [0.4, 0.5) is 0 Å². The van der Waals surface area contributed by atoms with Gasteiger partial charge in [0.25, 0.3) is 0 Å². The highest BCUT2D eigenvalue weighted by molar-refractivity contribution is 7.98. The van der Waals surface area contributed by atoms with Crippen LogP contribution in [0, 0.1) is 23.7 Å². The molecule has 4 saturated carbocycles. The van der Waals surface area contributed by atoms with Gasteiger partial charge in [-0.1, -0.05) is 48.5 Å². The van der Waals surface area contributed by atoms with Gasteiger partial charge < -0.3 is 32.0 Å². The first-order chi connectivity index (χ1) is 23.3. The second-order valence-corrected chi connectivity index (χ2v) is 15.0. The number of fused-ring (bicyclic) bond motifs is 1. The molecule has 7 rings (SSSR count). The molecule has 0 saturated heterocycles. The lowest BCUT2D eigenvalue weighted by Gasteiger charge is -2.54. The quantitative estimate of drug-likeness (QED) is 0.142. The molecular formula is C37H49ClN6O4S. The largest absolute Gasteiger partial charge is 0.361 e. The van der Waals surface area contributed by atoms with Crippen molar-refractivity contribution in [1.82, 2.24) is 26.3 Å². The molecule has 1 heterocycles. The highest BCUT2D eigenvalue weighted by Crippen LogP contribution is 2.53. The van der Waals surface area contributed by atoms with E-state index in [1.807, 2.05) is 67.0 Å². The average molecular weight is 709 g/mol. The number of nitrogens with one attached hydrogen (secondary N) is 5. The molecule has 4 aliphatic carbocycles. The zero-order valence-electron chi connectivity index (χ0n) is 28.0. The summed E-state index contributed by atoms with van der Waals surface area (Å²) in [5.41, 5.74) is 9.11. The van der Waals surface area contributed by atoms with Crippen LogP contribution < -0.4 is 27.0 Å². The molecule has 1 aromatic heterocycles. The third-order valence-electron chi connectivity index (χ3n) is 10.6. The molecule has 49 heavy (non-hydrogen) atoms. The fourth-order valence-electron chi connectivity index (χ4n) is 8.43. The fraction of sp³-hybridized carbons (Fsp3) is 0.514. The van der Waals surface area contributed by atoms with Gasteiger partial charge in [-0.2, -0.15) is 11.8 Å². The maximum atomic E-state index is 13.7. The summed E-state index contributed by atoms with van der Waals surface area (Å²) in [5, 5.41) is 12.7. The zero-order valence-corrected chi connectivity index (χ0v) is 29.6. The number of hydrogen-bond acceptors (Lipinski definition) is 6. The Hall–Kier alpha value is -3.54. The highest BCUT2D eigenvalue weighted by Gasteiger charge is 2.49. The Kier molecular flexibility index (Phi) is 12.7. The summed E-state index contributed by atoms with van der Waals surface area (Å²) in [6.07, 6.45) is 10.9. The summed E-state index contributed by atoms with van der Waals surface area (Å²) in [6.45, 7) is -0.317. The van der Waals surface area contributed by atoms with E-state index in [0.29, 0.717) is 36.9 Å². The minimum absolute atomic E-state index is 0. The SMILES string of the molecule is CSCC[C@@H](NC(=O)[C@@H](N)Cc1c[nH]c2ccccc12)C(=O)NCC(=O)N[C@@H](Cc1ccccc1)C(=O)NC1C2CC3CC(C2)CC1C3.Cl. The first kappa shape index (κ1) is 36.7. The minimum Gasteiger partial charge on any atom is -0.361 e. The molecule has 0 unspecified atom stereocenters. The highest BCUT2D eigenvalue weighted by atomic mass is 35.5. The third-order valence-corrected chi connectivity index (χ3v) is 11.2. The van der Waals surface area contributed by atoms with Crippen molar-refractivity contribution in [2.24, 2.45) is 29.4 Å². The van der Waals surface area contributed by atoms with E-state index in [4.69, 9.17) is 5.73 Å². The maximum Gasteiger partial charge on any atom is 0.243 e. The third kappa shape index (κ3) is 9.18. The normalized spacial score (nSPS) is 23.9. The Bertz CT molecular complexity index is 1570. The number of benzene rings is 2. The predicted molar refractivity (Wildman–Crippen MR) is 196 cm³/mol. The molecule has 2 aromatic carbocycles. The first-order valence-electron chi connectivity index (χ1n) is 17.3. The van der Waals surface area contributed by atoms with Gasteiger partial charge in [0.2, 0.25) is 23.6 Å². The van der Waals surface area contributed by atoms with E-state index in [9.17, 15) is 19.2 Å². The summed E-state index contributed by atoms with van der Waals surface area (Å²) in [6, 6.07) is 15.1. The second-order valence-electron chi connectivity index (χ2n) is 14.0. The summed E-state index contributed by atoms with van der Waals surface area (Å²) in [7, 11) is 0. The van der Waals surface area contributed by atoms with E-state index in [1.165, 1.54) is 32.1 Å². The van der Waals surface area contributed by atoms with Crippen LogP contribution in [0.5, 0.6) is 0 Å². The van der Waals surface area contributed by atoms with E-state index < -0.39 is 35.8 Å². The van der Waals surface area contributed by atoms with Crippen LogP contribution in [-0.4, -0.2) is 71.3 Å². The fourth-order valence-corrected chi connectivity index (χ4v) is 8.91. The van der Waals surface area contributed by atoms with Crippen molar-refractivity contribution in [3.63, 3.8) is 0 Å². The molecule has 3 aromatic rings. The number of para-hydroxylation sites is 1. The van der Waals surface area contributed by atoms with Gasteiger partial charge in [0.05, 0.1) is 12.6 Å². The smallest absolute Gasteiger partial charge is 0.243 e. The van der Waals surface area contributed by atoms with Crippen LogP contribution in [-0.2, 0) is 32.0 Å². The first-order valence-corrected chi connectivity index (χ1v) is 18.7. The van der Waals surface area contributed by atoms with Gasteiger partial charge in [0, 0.05) is 29.6 Å². The van der Waals surface area contributed by atoms with Crippen LogP contribution in [0.15, 0.2) is 60.8 Å². The van der Waals surface area contributed by atoms with Crippen molar-refractivity contribution in [2.75, 3.05) is 18.6 Å². The number of carbonyl (C=O) groups excluding carboxylic acids is 4. The van der Waals surface area contributed by atoms with Crippen molar-refractivity contribution >= 4 is 58.7 Å². The molecule has 0 radical (unpaired) electrons. The van der Waals surface area contributed by atoms with E-state index >= 15 is 0 Å². The number of aromatic amines is 1. The van der Waals surface area contributed by atoms with Crippen molar-refractivity contribution < 1.29 is 19.2 Å². The van der Waals surface area contributed by atoms with Crippen LogP contribution in [0.25, 0.3) is 10.9 Å². The lowest BCUT2D eigenvalue weighted by Crippen LogP contribution is -2.60. The second kappa shape index (κ2) is 16.9. The molecule has 3 atom stereocenters. The van der Waals surface area contributed by atoms with Crippen molar-refractivity contribution in [2.45, 2.75) is 75.5 Å². The van der Waals surface area contributed by atoms with E-state index in [-0.39, 0.29) is 30.9 Å². The molecule has 4 fully saturated rings. The predicted octanol–water partition coefficient (Wildman–Crippen LogP) is 3.48. The van der Waals surface area contributed by atoms with Gasteiger partial charge >= 0.3 is 0 Å². The number of amides is 4. The van der Waals surface area contributed by atoms with Crippen LogP contribution in [0.1, 0.15) is 49.7 Å². The van der Waals surface area contributed by atoms with Crippen LogP contribution >= 0.6 is 24.2 Å². The van der Waals surface area contributed by atoms with Gasteiger partial charge in [0.15, 0.2) is 0 Å². The molecule has 0 aliphatic heterocycles. The molecule has 4 aliphatic rings. The number of halogens is 1. The Morgan fingerprint density at radius 1 is 0.837 bits per heavy atom. The molecule has 4 bridgehead atoms. The number of nitrogens with two attached hydrogens (primary N) is 1. The molecule has 7 N–H and O–H groups in total.